The molecule has 4 rings (SSSR count). The maximum atomic E-state index is 13.2. The van der Waals surface area contributed by atoms with E-state index in [0.717, 1.165) is 37.9 Å². The van der Waals surface area contributed by atoms with Gasteiger partial charge in [-0.1, -0.05) is 36.8 Å². The van der Waals surface area contributed by atoms with E-state index in [0.29, 0.717) is 12.8 Å². The molecule has 0 amide bonds. The number of carbonyl (C=O) groups is 1. The summed E-state index contributed by atoms with van der Waals surface area (Å²) in [7, 11) is 0. The molecule has 0 aliphatic carbocycles. The molecular weight excluding hydrogens is 389 g/mol. The Morgan fingerprint density at radius 3 is 2.33 bits per heavy atom. The SMILES string of the molecule is N#Cc1cc(C(=O)C2CC3CCCC(C2)N3Cc2ccccc2)cc(C(F)(F)F)c1. The Kier molecular flexibility index (Phi) is 5.66. The minimum Gasteiger partial charge on any atom is -0.294 e. The molecule has 2 heterocycles. The molecule has 2 unspecified atom stereocenters. The molecule has 0 saturated carbocycles. The Bertz CT molecular complexity index is 951. The van der Waals surface area contributed by atoms with E-state index in [1.54, 1.807) is 6.07 Å². The maximum absolute atomic E-state index is 13.2. The third-order valence-corrected chi connectivity index (χ3v) is 6.38. The van der Waals surface area contributed by atoms with E-state index >= 15 is 0 Å². The number of nitriles is 1. The Morgan fingerprint density at radius 2 is 1.73 bits per heavy atom. The highest BCUT2D eigenvalue weighted by Crippen LogP contribution is 2.40. The van der Waals surface area contributed by atoms with E-state index < -0.39 is 11.7 Å². The third kappa shape index (κ3) is 4.27. The van der Waals surface area contributed by atoms with Gasteiger partial charge in [-0.25, -0.2) is 0 Å². The number of hydrogen-bond donors (Lipinski definition) is 0. The number of rotatable bonds is 4. The number of nitrogens with zero attached hydrogens (tertiary/aromatic N) is 2. The summed E-state index contributed by atoms with van der Waals surface area (Å²) >= 11 is 0. The van der Waals surface area contributed by atoms with Crippen molar-refractivity contribution in [3.05, 3.63) is 70.8 Å². The summed E-state index contributed by atoms with van der Waals surface area (Å²) in [6.45, 7) is 0.833. The molecule has 3 nitrogen and oxygen atoms in total. The zero-order chi connectivity index (χ0) is 21.3. The number of benzene rings is 2. The van der Waals surface area contributed by atoms with E-state index in [1.807, 2.05) is 18.2 Å². The van der Waals surface area contributed by atoms with E-state index in [1.165, 1.54) is 11.6 Å². The lowest BCUT2D eigenvalue weighted by Crippen LogP contribution is -2.52. The second-order valence-corrected chi connectivity index (χ2v) is 8.34. The number of halogens is 3. The highest BCUT2D eigenvalue weighted by atomic mass is 19.4. The Morgan fingerprint density at radius 1 is 1.07 bits per heavy atom. The fourth-order valence-corrected chi connectivity index (χ4v) is 4.98. The molecule has 2 aromatic rings. The predicted molar refractivity (Wildman–Crippen MR) is 107 cm³/mol. The molecule has 30 heavy (non-hydrogen) atoms. The summed E-state index contributed by atoms with van der Waals surface area (Å²) in [5, 5.41) is 9.12. The summed E-state index contributed by atoms with van der Waals surface area (Å²) in [5.74, 6) is -0.573. The number of Topliss-reactive ketones (excluding diaryl/α,β-unsaturated/α-hetero) is 1. The van der Waals surface area contributed by atoms with Crippen LogP contribution in [0.1, 0.15) is 59.2 Å². The van der Waals surface area contributed by atoms with E-state index in [4.69, 9.17) is 5.26 Å². The summed E-state index contributed by atoms with van der Waals surface area (Å²) in [4.78, 5) is 15.6. The van der Waals surface area contributed by atoms with Gasteiger partial charge in [0, 0.05) is 30.1 Å². The van der Waals surface area contributed by atoms with Gasteiger partial charge in [-0.3, -0.25) is 9.69 Å². The fraction of sp³-hybridized carbons (Fsp3) is 0.417. The van der Waals surface area contributed by atoms with Crippen LogP contribution in [0, 0.1) is 17.2 Å². The molecule has 2 bridgehead atoms. The molecule has 156 valence electrons. The van der Waals surface area contributed by atoms with Gasteiger partial charge in [0.25, 0.3) is 0 Å². The first kappa shape index (κ1) is 20.6. The molecule has 0 spiro atoms. The summed E-state index contributed by atoms with van der Waals surface area (Å²) in [5.41, 5.74) is 0.165. The molecule has 2 saturated heterocycles. The van der Waals surface area contributed by atoms with Crippen LogP contribution in [-0.4, -0.2) is 22.8 Å². The summed E-state index contributed by atoms with van der Waals surface area (Å²) in [6, 6.07) is 15.5. The monoisotopic (exact) mass is 412 g/mol. The second kappa shape index (κ2) is 8.23. The Labute approximate surface area is 174 Å². The topological polar surface area (TPSA) is 44.1 Å². The van der Waals surface area contributed by atoms with Crippen molar-refractivity contribution in [2.24, 2.45) is 5.92 Å². The van der Waals surface area contributed by atoms with Crippen LogP contribution in [0.5, 0.6) is 0 Å². The fourth-order valence-electron chi connectivity index (χ4n) is 4.98. The first-order valence-electron chi connectivity index (χ1n) is 10.3. The molecule has 0 N–H and O–H groups in total. The molecular formula is C24H23F3N2O. The van der Waals surface area contributed by atoms with E-state index in [9.17, 15) is 18.0 Å². The van der Waals surface area contributed by atoms with Gasteiger partial charge in [0.1, 0.15) is 0 Å². The van der Waals surface area contributed by atoms with Crippen LogP contribution in [0.15, 0.2) is 48.5 Å². The highest BCUT2D eigenvalue weighted by Gasteiger charge is 2.41. The molecule has 2 aliphatic rings. The summed E-state index contributed by atoms with van der Waals surface area (Å²) < 4.78 is 39.6. The number of piperidine rings is 2. The minimum atomic E-state index is -4.59. The molecule has 2 aromatic carbocycles. The van der Waals surface area contributed by atoms with Crippen molar-refractivity contribution in [1.82, 2.24) is 4.90 Å². The number of hydrogen-bond acceptors (Lipinski definition) is 3. The standard InChI is InChI=1S/C24H23F3N2O/c25-24(26,27)20-10-17(14-28)9-18(11-20)23(30)19-12-21-7-4-8-22(13-19)29(21)15-16-5-2-1-3-6-16/h1-3,5-6,9-11,19,21-22H,4,7-8,12-13,15H2. The van der Waals surface area contributed by atoms with Gasteiger partial charge in [-0.2, -0.15) is 18.4 Å². The minimum absolute atomic E-state index is 0.000887. The highest BCUT2D eigenvalue weighted by molar-refractivity contribution is 5.98. The zero-order valence-electron chi connectivity index (χ0n) is 16.5. The molecule has 0 radical (unpaired) electrons. The van der Waals surface area contributed by atoms with Gasteiger partial charge in [-0.05, 0) is 49.4 Å². The van der Waals surface area contributed by atoms with Crippen molar-refractivity contribution in [2.75, 3.05) is 0 Å². The number of fused-ring (bicyclic) bond motifs is 2. The second-order valence-electron chi connectivity index (χ2n) is 8.34. The third-order valence-electron chi connectivity index (χ3n) is 6.38. The van der Waals surface area contributed by atoms with Crippen LogP contribution in [0.2, 0.25) is 0 Å². The molecule has 2 atom stereocenters. The van der Waals surface area contributed by atoms with Crippen molar-refractivity contribution in [3.8, 4) is 6.07 Å². The normalized spacial score (nSPS) is 24.3. The Hall–Kier alpha value is -2.65. The van der Waals surface area contributed by atoms with Crippen molar-refractivity contribution < 1.29 is 18.0 Å². The van der Waals surface area contributed by atoms with Crippen molar-refractivity contribution in [3.63, 3.8) is 0 Å². The van der Waals surface area contributed by atoms with E-state index in [2.05, 4.69) is 17.0 Å². The lowest BCUT2D eigenvalue weighted by Gasteiger charge is -2.48. The average molecular weight is 412 g/mol. The van der Waals surface area contributed by atoms with Crippen LogP contribution in [0.25, 0.3) is 0 Å². The first-order chi connectivity index (χ1) is 14.3. The smallest absolute Gasteiger partial charge is 0.294 e. The van der Waals surface area contributed by atoms with Crippen LogP contribution >= 0.6 is 0 Å². The lowest BCUT2D eigenvalue weighted by atomic mass is 9.75. The predicted octanol–water partition coefficient (Wildman–Crippen LogP) is 5.59. The lowest BCUT2D eigenvalue weighted by molar-refractivity contribution is -0.137. The van der Waals surface area contributed by atoms with Gasteiger partial charge in [-0.15, -0.1) is 0 Å². The van der Waals surface area contributed by atoms with Crippen LogP contribution in [0.3, 0.4) is 0 Å². The van der Waals surface area contributed by atoms with E-state index in [-0.39, 0.29) is 34.9 Å². The van der Waals surface area contributed by atoms with Crippen LogP contribution < -0.4 is 0 Å². The van der Waals surface area contributed by atoms with Gasteiger partial charge in [0.05, 0.1) is 17.2 Å². The zero-order valence-corrected chi connectivity index (χ0v) is 16.5. The van der Waals surface area contributed by atoms with Crippen molar-refractivity contribution >= 4 is 5.78 Å². The van der Waals surface area contributed by atoms with Gasteiger partial charge in [0.2, 0.25) is 0 Å². The molecule has 0 aromatic heterocycles. The van der Waals surface area contributed by atoms with Crippen LogP contribution in [-0.2, 0) is 12.7 Å². The molecule has 2 aliphatic heterocycles. The quantitative estimate of drug-likeness (QED) is 0.615. The number of ketones is 1. The maximum Gasteiger partial charge on any atom is 0.416 e. The largest absolute Gasteiger partial charge is 0.416 e. The Balaban J connectivity index is 1.55. The van der Waals surface area contributed by atoms with Gasteiger partial charge < -0.3 is 0 Å². The van der Waals surface area contributed by atoms with Crippen molar-refractivity contribution in [2.45, 2.75) is 56.9 Å². The average Bonchev–Trinajstić information content (AvgIpc) is 2.72. The van der Waals surface area contributed by atoms with Gasteiger partial charge in [0.15, 0.2) is 5.78 Å². The van der Waals surface area contributed by atoms with Crippen molar-refractivity contribution in [1.29, 1.82) is 5.26 Å². The van der Waals surface area contributed by atoms with Crippen LogP contribution in [0.4, 0.5) is 13.2 Å². The number of alkyl halides is 3. The molecule has 6 heteroatoms. The summed E-state index contributed by atoms with van der Waals surface area (Å²) in [6.07, 6.45) is -0.167. The van der Waals surface area contributed by atoms with Gasteiger partial charge >= 0.3 is 6.18 Å². The molecule has 2 fully saturated rings. The number of carbonyl (C=O) groups excluding carboxylic acids is 1. The first-order valence-corrected chi connectivity index (χ1v) is 10.3.